The average molecular weight is 316 g/mol. The Hall–Kier alpha value is -1.84. The molecular weight excluding hydrogens is 288 g/mol. The number of nitrogens with zero attached hydrogens (tertiary/aromatic N) is 1. The molecule has 1 aromatic carbocycles. The molecule has 4 nitrogen and oxygen atoms in total. The maximum atomic E-state index is 12.2. The summed E-state index contributed by atoms with van der Waals surface area (Å²) in [6.45, 7) is 4.89. The summed E-state index contributed by atoms with van der Waals surface area (Å²) in [6.07, 6.45) is 8.22. The summed E-state index contributed by atoms with van der Waals surface area (Å²) in [6, 6.07) is 7.23. The topological polar surface area (TPSA) is 50.7 Å². The predicted octanol–water partition coefficient (Wildman–Crippen LogP) is 4.55. The van der Waals surface area contributed by atoms with Crippen LogP contribution in [0.1, 0.15) is 69.2 Å². The molecule has 0 unspecified atom stereocenters. The number of rotatable bonds is 5. The summed E-state index contributed by atoms with van der Waals surface area (Å²) >= 11 is 0. The zero-order valence-electron chi connectivity index (χ0n) is 14.3. The molecule has 0 saturated heterocycles. The van der Waals surface area contributed by atoms with E-state index in [1.54, 1.807) is 12.1 Å². The van der Waals surface area contributed by atoms with E-state index in [0.717, 1.165) is 24.3 Å². The van der Waals surface area contributed by atoms with Gasteiger partial charge in [0.1, 0.15) is 5.75 Å². The fourth-order valence-electron chi connectivity index (χ4n) is 2.59. The third-order valence-corrected chi connectivity index (χ3v) is 3.95. The van der Waals surface area contributed by atoms with Gasteiger partial charge in [0.25, 0.3) is 5.91 Å². The van der Waals surface area contributed by atoms with Crippen LogP contribution in [-0.2, 0) is 0 Å². The van der Waals surface area contributed by atoms with Crippen LogP contribution in [0, 0.1) is 5.92 Å². The first-order valence-corrected chi connectivity index (χ1v) is 8.74. The fraction of sp³-hybridized carbons (Fsp3) is 0.579. The van der Waals surface area contributed by atoms with Gasteiger partial charge >= 0.3 is 0 Å². The molecule has 1 N–H and O–H groups in total. The Morgan fingerprint density at radius 2 is 1.70 bits per heavy atom. The molecule has 0 radical (unpaired) electrons. The van der Waals surface area contributed by atoms with Crippen molar-refractivity contribution in [1.82, 2.24) is 5.43 Å². The summed E-state index contributed by atoms with van der Waals surface area (Å²) in [7, 11) is 0. The number of carbonyl (C=O) groups is 1. The number of hydrazone groups is 1. The Morgan fingerprint density at radius 1 is 1.09 bits per heavy atom. The molecule has 0 heterocycles. The monoisotopic (exact) mass is 316 g/mol. The molecule has 0 spiro atoms. The highest BCUT2D eigenvalue weighted by molar-refractivity contribution is 5.95. The zero-order chi connectivity index (χ0) is 16.5. The minimum absolute atomic E-state index is 0.157. The molecule has 1 aliphatic rings. The van der Waals surface area contributed by atoms with Gasteiger partial charge in [0.2, 0.25) is 0 Å². The standard InChI is InChI=1S/C19H28N2O2/c1-15(2)14-23-18-12-10-16(11-13-18)19(22)21-20-17-8-6-4-3-5-7-9-17/h10-13,15H,3-9,14H2,1-2H3,(H,21,22). The van der Waals surface area contributed by atoms with Gasteiger partial charge in [0, 0.05) is 11.3 Å². The van der Waals surface area contributed by atoms with Crippen LogP contribution >= 0.6 is 0 Å². The van der Waals surface area contributed by atoms with Crippen molar-refractivity contribution in [2.75, 3.05) is 6.61 Å². The molecule has 1 saturated carbocycles. The SMILES string of the molecule is CC(C)COc1ccc(C(=O)NN=C2CCCCCCC2)cc1. The van der Waals surface area contributed by atoms with E-state index in [9.17, 15) is 4.79 Å². The minimum atomic E-state index is -0.157. The van der Waals surface area contributed by atoms with Crippen LogP contribution in [0.3, 0.4) is 0 Å². The quantitative estimate of drug-likeness (QED) is 0.810. The number of hydrogen-bond acceptors (Lipinski definition) is 3. The lowest BCUT2D eigenvalue weighted by atomic mass is 9.99. The van der Waals surface area contributed by atoms with Crippen LogP contribution in [0.4, 0.5) is 0 Å². The van der Waals surface area contributed by atoms with E-state index in [1.807, 2.05) is 12.1 Å². The van der Waals surface area contributed by atoms with Crippen molar-refractivity contribution in [3.63, 3.8) is 0 Å². The molecule has 0 aromatic heterocycles. The van der Waals surface area contributed by atoms with Gasteiger partial charge in [-0.2, -0.15) is 5.10 Å². The lowest BCUT2D eigenvalue weighted by Crippen LogP contribution is -2.20. The summed E-state index contributed by atoms with van der Waals surface area (Å²) in [5.41, 5.74) is 4.42. The Kier molecular flexibility index (Phi) is 7.11. The number of benzene rings is 1. The van der Waals surface area contributed by atoms with Crippen LogP contribution < -0.4 is 10.2 Å². The largest absolute Gasteiger partial charge is 0.493 e. The normalized spacial score (nSPS) is 15.7. The van der Waals surface area contributed by atoms with Gasteiger partial charge in [-0.15, -0.1) is 0 Å². The molecule has 1 fully saturated rings. The molecular formula is C19H28N2O2. The van der Waals surface area contributed by atoms with E-state index in [1.165, 1.54) is 32.1 Å². The van der Waals surface area contributed by atoms with Crippen molar-refractivity contribution in [1.29, 1.82) is 0 Å². The lowest BCUT2D eigenvalue weighted by Gasteiger charge is -2.11. The molecule has 0 atom stereocenters. The Morgan fingerprint density at radius 3 is 2.30 bits per heavy atom. The number of ether oxygens (including phenoxy) is 1. The molecule has 4 heteroatoms. The molecule has 1 amide bonds. The number of hydrogen-bond donors (Lipinski definition) is 1. The molecule has 2 rings (SSSR count). The fourth-order valence-corrected chi connectivity index (χ4v) is 2.59. The van der Waals surface area contributed by atoms with Crippen molar-refractivity contribution in [2.24, 2.45) is 11.0 Å². The first-order chi connectivity index (χ1) is 11.1. The third-order valence-electron chi connectivity index (χ3n) is 3.95. The smallest absolute Gasteiger partial charge is 0.271 e. The average Bonchev–Trinajstić information content (AvgIpc) is 2.52. The Balaban J connectivity index is 1.87. The van der Waals surface area contributed by atoms with Crippen LogP contribution in [0.2, 0.25) is 0 Å². The van der Waals surface area contributed by atoms with Gasteiger partial charge < -0.3 is 4.74 Å². The molecule has 23 heavy (non-hydrogen) atoms. The summed E-state index contributed by atoms with van der Waals surface area (Å²) < 4.78 is 5.62. The van der Waals surface area contributed by atoms with Crippen molar-refractivity contribution < 1.29 is 9.53 Å². The number of amides is 1. The van der Waals surface area contributed by atoms with E-state index < -0.39 is 0 Å². The van der Waals surface area contributed by atoms with E-state index in [-0.39, 0.29) is 5.91 Å². The maximum Gasteiger partial charge on any atom is 0.271 e. The second-order valence-corrected chi connectivity index (χ2v) is 6.62. The first kappa shape index (κ1) is 17.5. The van der Waals surface area contributed by atoms with Crippen LogP contribution in [-0.4, -0.2) is 18.2 Å². The minimum Gasteiger partial charge on any atom is -0.493 e. The second-order valence-electron chi connectivity index (χ2n) is 6.62. The highest BCUT2D eigenvalue weighted by Gasteiger charge is 2.08. The number of carbonyl (C=O) groups excluding carboxylic acids is 1. The van der Waals surface area contributed by atoms with E-state index in [0.29, 0.717) is 18.1 Å². The molecule has 0 aliphatic heterocycles. The Bertz CT molecular complexity index is 511. The lowest BCUT2D eigenvalue weighted by molar-refractivity contribution is 0.0954. The van der Waals surface area contributed by atoms with Gasteiger partial charge in [-0.1, -0.05) is 33.1 Å². The number of nitrogens with one attached hydrogen (secondary N) is 1. The second kappa shape index (κ2) is 9.33. The van der Waals surface area contributed by atoms with Crippen molar-refractivity contribution in [3.05, 3.63) is 29.8 Å². The van der Waals surface area contributed by atoms with Gasteiger partial charge in [-0.05, 0) is 55.9 Å². The highest BCUT2D eigenvalue weighted by Crippen LogP contribution is 2.15. The maximum absolute atomic E-state index is 12.2. The first-order valence-electron chi connectivity index (χ1n) is 8.74. The molecule has 1 aliphatic carbocycles. The van der Waals surface area contributed by atoms with E-state index in [2.05, 4.69) is 24.4 Å². The highest BCUT2D eigenvalue weighted by atomic mass is 16.5. The van der Waals surface area contributed by atoms with Gasteiger partial charge in [-0.3, -0.25) is 4.79 Å². The predicted molar refractivity (Wildman–Crippen MR) is 94.0 cm³/mol. The van der Waals surface area contributed by atoms with E-state index in [4.69, 9.17) is 4.74 Å². The van der Waals surface area contributed by atoms with Crippen LogP contribution in [0.5, 0.6) is 5.75 Å². The van der Waals surface area contributed by atoms with Crippen LogP contribution in [0.25, 0.3) is 0 Å². The zero-order valence-corrected chi connectivity index (χ0v) is 14.3. The van der Waals surface area contributed by atoms with Crippen LogP contribution in [0.15, 0.2) is 29.4 Å². The third kappa shape index (κ3) is 6.43. The summed E-state index contributed by atoms with van der Waals surface area (Å²) in [4.78, 5) is 12.2. The summed E-state index contributed by atoms with van der Waals surface area (Å²) in [5.74, 6) is 1.12. The molecule has 0 bridgehead atoms. The van der Waals surface area contributed by atoms with Gasteiger partial charge in [0.05, 0.1) is 6.61 Å². The molecule has 1 aromatic rings. The van der Waals surface area contributed by atoms with Crippen molar-refractivity contribution in [2.45, 2.75) is 58.8 Å². The molecule has 126 valence electrons. The Labute approximate surface area is 139 Å². The van der Waals surface area contributed by atoms with Gasteiger partial charge in [0.15, 0.2) is 0 Å². The van der Waals surface area contributed by atoms with Crippen molar-refractivity contribution >= 4 is 11.6 Å². The van der Waals surface area contributed by atoms with E-state index >= 15 is 0 Å². The summed E-state index contributed by atoms with van der Waals surface area (Å²) in [5, 5.41) is 4.33. The van der Waals surface area contributed by atoms with Crippen molar-refractivity contribution in [3.8, 4) is 5.75 Å². The van der Waals surface area contributed by atoms with Gasteiger partial charge in [-0.25, -0.2) is 5.43 Å².